The van der Waals surface area contributed by atoms with Gasteiger partial charge in [0.1, 0.15) is 11.6 Å². The van der Waals surface area contributed by atoms with Crippen molar-refractivity contribution in [2.75, 3.05) is 6.61 Å². The monoisotopic (exact) mass is 343 g/mol. The van der Waals surface area contributed by atoms with Crippen LogP contribution in [0.2, 0.25) is 5.02 Å². The highest BCUT2D eigenvalue weighted by Crippen LogP contribution is 2.27. The quantitative estimate of drug-likeness (QED) is 0.876. The lowest BCUT2D eigenvalue weighted by atomic mass is 10.3. The number of aromatic amines is 1. The van der Waals surface area contributed by atoms with E-state index in [9.17, 15) is 4.79 Å². The second-order valence-corrected chi connectivity index (χ2v) is 5.00. The van der Waals surface area contributed by atoms with E-state index in [2.05, 4.69) is 31.2 Å². The number of aromatic nitrogens is 2. The molecule has 0 aliphatic heterocycles. The van der Waals surface area contributed by atoms with E-state index in [1.165, 1.54) is 0 Å². The van der Waals surface area contributed by atoms with E-state index in [4.69, 9.17) is 16.3 Å². The van der Waals surface area contributed by atoms with Crippen molar-refractivity contribution in [1.82, 2.24) is 15.3 Å². The fourth-order valence-corrected chi connectivity index (χ4v) is 2.09. The number of ether oxygens (including phenoxy) is 1. The van der Waals surface area contributed by atoms with Crippen molar-refractivity contribution in [3.63, 3.8) is 0 Å². The van der Waals surface area contributed by atoms with Crippen LogP contribution in [0.4, 0.5) is 0 Å². The number of carbonyl (C=O) groups excluding carboxylic acids is 1. The Kier molecular flexibility index (Phi) is 4.81. The van der Waals surface area contributed by atoms with Crippen LogP contribution in [0, 0.1) is 0 Å². The average molecular weight is 345 g/mol. The smallest absolute Gasteiger partial charge is 0.258 e. The number of halogens is 2. The molecule has 0 unspecified atom stereocenters. The average Bonchev–Trinajstić information content (AvgIpc) is 2.88. The van der Waals surface area contributed by atoms with Gasteiger partial charge in [0, 0.05) is 16.9 Å². The molecule has 2 aromatic rings. The standard InChI is InChI=1S/C12H11BrClN3O2/c13-8-1-2-10(9(14)5-8)19-7-12(18)17-6-11-15-3-4-16-11/h1-5H,6-7H2,(H,15,16)(H,17,18). The van der Waals surface area contributed by atoms with Gasteiger partial charge in [0.05, 0.1) is 11.6 Å². The normalized spacial score (nSPS) is 10.2. The van der Waals surface area contributed by atoms with Crippen LogP contribution >= 0.6 is 27.5 Å². The number of carbonyl (C=O) groups is 1. The minimum absolute atomic E-state index is 0.0952. The maximum absolute atomic E-state index is 11.6. The molecule has 0 aliphatic rings. The zero-order chi connectivity index (χ0) is 13.7. The maximum Gasteiger partial charge on any atom is 0.258 e. The second kappa shape index (κ2) is 6.58. The molecule has 7 heteroatoms. The molecule has 0 bridgehead atoms. The van der Waals surface area contributed by atoms with E-state index < -0.39 is 0 Å². The predicted molar refractivity (Wildman–Crippen MR) is 75.1 cm³/mol. The molecule has 0 spiro atoms. The zero-order valence-electron chi connectivity index (χ0n) is 9.82. The third-order valence-electron chi connectivity index (χ3n) is 2.26. The minimum atomic E-state index is -0.240. The molecule has 0 atom stereocenters. The number of rotatable bonds is 5. The third kappa shape index (κ3) is 4.25. The fourth-order valence-electron chi connectivity index (χ4n) is 1.36. The number of nitrogens with zero attached hydrogens (tertiary/aromatic N) is 1. The lowest BCUT2D eigenvalue weighted by Crippen LogP contribution is -2.28. The summed E-state index contributed by atoms with van der Waals surface area (Å²) in [7, 11) is 0. The molecule has 0 saturated heterocycles. The van der Waals surface area contributed by atoms with E-state index in [0.29, 0.717) is 23.1 Å². The van der Waals surface area contributed by atoms with Gasteiger partial charge in [-0.15, -0.1) is 0 Å². The molecule has 1 aromatic heterocycles. The molecule has 2 rings (SSSR count). The van der Waals surface area contributed by atoms with Crippen LogP contribution in [0.3, 0.4) is 0 Å². The number of amides is 1. The van der Waals surface area contributed by atoms with E-state index in [0.717, 1.165) is 4.47 Å². The summed E-state index contributed by atoms with van der Waals surface area (Å²) in [5.74, 6) is 0.920. The molecule has 0 aliphatic carbocycles. The Bertz CT molecular complexity index is 560. The Morgan fingerprint density at radius 2 is 2.37 bits per heavy atom. The highest BCUT2D eigenvalue weighted by atomic mass is 79.9. The highest BCUT2D eigenvalue weighted by molar-refractivity contribution is 9.10. The van der Waals surface area contributed by atoms with Crippen molar-refractivity contribution >= 4 is 33.4 Å². The first-order chi connectivity index (χ1) is 9.15. The van der Waals surface area contributed by atoms with E-state index in [1.807, 2.05) is 0 Å². The van der Waals surface area contributed by atoms with Crippen LogP contribution in [0.25, 0.3) is 0 Å². The van der Waals surface area contributed by atoms with Crippen LogP contribution in [0.5, 0.6) is 5.75 Å². The second-order valence-electron chi connectivity index (χ2n) is 3.68. The third-order valence-corrected chi connectivity index (χ3v) is 3.05. The first-order valence-corrected chi connectivity index (χ1v) is 6.65. The molecule has 0 fully saturated rings. The minimum Gasteiger partial charge on any atom is -0.482 e. The molecule has 19 heavy (non-hydrogen) atoms. The number of hydrogen-bond acceptors (Lipinski definition) is 3. The molecule has 1 aromatic carbocycles. The number of nitrogens with one attached hydrogen (secondary N) is 2. The molecule has 2 N–H and O–H groups in total. The summed E-state index contributed by atoms with van der Waals surface area (Å²) in [5, 5.41) is 3.13. The number of benzene rings is 1. The number of hydrogen-bond donors (Lipinski definition) is 2. The van der Waals surface area contributed by atoms with Gasteiger partial charge in [-0.05, 0) is 18.2 Å². The van der Waals surface area contributed by atoms with Crippen molar-refractivity contribution in [2.24, 2.45) is 0 Å². The molecule has 0 radical (unpaired) electrons. The van der Waals surface area contributed by atoms with Crippen molar-refractivity contribution in [2.45, 2.75) is 6.54 Å². The van der Waals surface area contributed by atoms with Crippen molar-refractivity contribution < 1.29 is 9.53 Å². The van der Waals surface area contributed by atoms with Crippen molar-refractivity contribution in [3.05, 3.63) is 45.9 Å². The Hall–Kier alpha value is -1.53. The van der Waals surface area contributed by atoms with Gasteiger partial charge in [0.2, 0.25) is 0 Å². The summed E-state index contributed by atoms with van der Waals surface area (Å²) < 4.78 is 6.18. The first-order valence-electron chi connectivity index (χ1n) is 5.48. The van der Waals surface area contributed by atoms with Crippen LogP contribution in [-0.2, 0) is 11.3 Å². The summed E-state index contributed by atoms with van der Waals surface area (Å²) in [5.41, 5.74) is 0. The van der Waals surface area contributed by atoms with Gasteiger partial charge < -0.3 is 15.0 Å². The number of imidazole rings is 1. The Balaban J connectivity index is 1.80. The summed E-state index contributed by atoms with van der Waals surface area (Å²) in [4.78, 5) is 18.4. The van der Waals surface area contributed by atoms with Gasteiger partial charge in [-0.25, -0.2) is 4.98 Å². The van der Waals surface area contributed by atoms with Gasteiger partial charge in [-0.3, -0.25) is 4.79 Å². The van der Waals surface area contributed by atoms with Gasteiger partial charge in [0.25, 0.3) is 5.91 Å². The summed E-state index contributed by atoms with van der Waals surface area (Å²) in [6, 6.07) is 5.20. The Morgan fingerprint density at radius 1 is 1.53 bits per heavy atom. The van der Waals surface area contributed by atoms with Gasteiger partial charge in [0.15, 0.2) is 6.61 Å². The molecular formula is C12H11BrClN3O2. The highest BCUT2D eigenvalue weighted by Gasteiger charge is 2.06. The summed E-state index contributed by atoms with van der Waals surface area (Å²) in [6.07, 6.45) is 3.32. The topological polar surface area (TPSA) is 67.0 Å². The molecule has 1 heterocycles. The van der Waals surface area contributed by atoms with Crippen molar-refractivity contribution in [3.8, 4) is 5.75 Å². The molecule has 5 nitrogen and oxygen atoms in total. The van der Waals surface area contributed by atoms with Gasteiger partial charge in [-0.1, -0.05) is 27.5 Å². The van der Waals surface area contributed by atoms with Crippen LogP contribution in [0.1, 0.15) is 5.82 Å². The Morgan fingerprint density at radius 3 is 3.05 bits per heavy atom. The van der Waals surface area contributed by atoms with Gasteiger partial charge in [-0.2, -0.15) is 0 Å². The maximum atomic E-state index is 11.6. The van der Waals surface area contributed by atoms with E-state index in [-0.39, 0.29) is 12.5 Å². The predicted octanol–water partition coefficient (Wildman–Crippen LogP) is 2.52. The summed E-state index contributed by atoms with van der Waals surface area (Å²) >= 11 is 9.26. The summed E-state index contributed by atoms with van der Waals surface area (Å²) in [6.45, 7) is 0.241. The van der Waals surface area contributed by atoms with Gasteiger partial charge >= 0.3 is 0 Å². The fraction of sp³-hybridized carbons (Fsp3) is 0.167. The largest absolute Gasteiger partial charge is 0.482 e. The first kappa shape index (κ1) is 13.9. The van der Waals surface area contributed by atoms with Crippen LogP contribution in [0.15, 0.2) is 35.1 Å². The number of H-pyrrole nitrogens is 1. The van der Waals surface area contributed by atoms with Crippen LogP contribution in [-0.4, -0.2) is 22.5 Å². The Labute approximate surface area is 123 Å². The van der Waals surface area contributed by atoms with E-state index in [1.54, 1.807) is 30.6 Å². The zero-order valence-corrected chi connectivity index (χ0v) is 12.2. The molecule has 0 saturated carbocycles. The van der Waals surface area contributed by atoms with Crippen molar-refractivity contribution in [1.29, 1.82) is 0 Å². The van der Waals surface area contributed by atoms with E-state index >= 15 is 0 Å². The van der Waals surface area contributed by atoms with Crippen LogP contribution < -0.4 is 10.1 Å². The molecule has 1 amide bonds. The lowest BCUT2D eigenvalue weighted by molar-refractivity contribution is -0.123. The SMILES string of the molecule is O=C(COc1ccc(Br)cc1Cl)NCc1ncc[nH]1. The lowest BCUT2D eigenvalue weighted by Gasteiger charge is -2.08. The molecule has 100 valence electrons. The molecular weight excluding hydrogens is 334 g/mol.